The number of aromatic nitrogens is 2. The SMILES string of the molecule is CSCCN[C@@H]1CCc2c(sc3ncn(Cc4cccc(C(F)(F)F)c4)c(=O)c23)C1. The Balaban J connectivity index is 1.61. The monoisotopic (exact) mass is 453 g/mol. The van der Waals surface area contributed by atoms with Crippen LogP contribution in [0.3, 0.4) is 0 Å². The van der Waals surface area contributed by atoms with Gasteiger partial charge >= 0.3 is 6.18 Å². The molecular weight excluding hydrogens is 431 g/mol. The summed E-state index contributed by atoms with van der Waals surface area (Å²) < 4.78 is 40.4. The van der Waals surface area contributed by atoms with Gasteiger partial charge in [0, 0.05) is 23.2 Å². The molecule has 2 aromatic heterocycles. The third kappa shape index (κ3) is 4.43. The predicted molar refractivity (Wildman–Crippen MR) is 117 cm³/mol. The smallest absolute Gasteiger partial charge is 0.313 e. The van der Waals surface area contributed by atoms with Gasteiger partial charge in [0.1, 0.15) is 4.83 Å². The molecule has 0 aliphatic heterocycles. The number of hydrogen-bond donors (Lipinski definition) is 1. The van der Waals surface area contributed by atoms with Crippen LogP contribution in [0, 0.1) is 0 Å². The van der Waals surface area contributed by atoms with Crippen molar-refractivity contribution in [2.45, 2.75) is 38.0 Å². The number of halogens is 3. The van der Waals surface area contributed by atoms with E-state index in [-0.39, 0.29) is 12.1 Å². The first-order chi connectivity index (χ1) is 14.4. The highest BCUT2D eigenvalue weighted by Gasteiger charge is 2.30. The number of benzene rings is 1. The molecule has 0 spiro atoms. The Morgan fingerprint density at radius 1 is 1.37 bits per heavy atom. The molecule has 0 saturated heterocycles. The van der Waals surface area contributed by atoms with Crippen LogP contribution >= 0.6 is 23.1 Å². The molecule has 3 aromatic rings. The van der Waals surface area contributed by atoms with Gasteiger partial charge < -0.3 is 5.32 Å². The van der Waals surface area contributed by atoms with E-state index in [9.17, 15) is 18.0 Å². The molecule has 0 bridgehead atoms. The van der Waals surface area contributed by atoms with Crippen molar-refractivity contribution in [3.8, 4) is 0 Å². The molecule has 9 heteroatoms. The van der Waals surface area contributed by atoms with Crippen molar-refractivity contribution in [2.75, 3.05) is 18.6 Å². The molecule has 4 rings (SSSR count). The number of thiophene rings is 1. The second-order valence-electron chi connectivity index (χ2n) is 7.45. The van der Waals surface area contributed by atoms with Gasteiger partial charge in [-0.1, -0.05) is 12.1 Å². The van der Waals surface area contributed by atoms with Crippen molar-refractivity contribution in [2.24, 2.45) is 0 Å². The molecule has 2 heterocycles. The average molecular weight is 454 g/mol. The lowest BCUT2D eigenvalue weighted by atomic mass is 9.93. The Kier molecular flexibility index (Phi) is 6.22. The minimum atomic E-state index is -4.41. The molecule has 0 fully saturated rings. The molecule has 1 aromatic carbocycles. The molecule has 30 heavy (non-hydrogen) atoms. The number of fused-ring (bicyclic) bond motifs is 3. The van der Waals surface area contributed by atoms with Crippen LogP contribution in [0.25, 0.3) is 10.2 Å². The van der Waals surface area contributed by atoms with E-state index in [0.29, 0.717) is 17.0 Å². The Hall–Kier alpha value is -1.84. The zero-order chi connectivity index (χ0) is 21.3. The number of hydrogen-bond acceptors (Lipinski definition) is 5. The maximum atomic E-state index is 13.1. The maximum absolute atomic E-state index is 13.1. The summed E-state index contributed by atoms with van der Waals surface area (Å²) in [4.78, 5) is 19.5. The largest absolute Gasteiger partial charge is 0.416 e. The van der Waals surface area contributed by atoms with Crippen LogP contribution in [0.4, 0.5) is 13.2 Å². The third-order valence-electron chi connectivity index (χ3n) is 5.38. The van der Waals surface area contributed by atoms with Gasteiger partial charge in [-0.3, -0.25) is 9.36 Å². The fraction of sp³-hybridized carbons (Fsp3) is 0.429. The van der Waals surface area contributed by atoms with E-state index in [0.717, 1.165) is 54.1 Å². The normalized spacial score (nSPS) is 16.7. The molecule has 1 atom stereocenters. The summed E-state index contributed by atoms with van der Waals surface area (Å²) in [6.07, 6.45) is 1.80. The Morgan fingerprint density at radius 3 is 2.97 bits per heavy atom. The lowest BCUT2D eigenvalue weighted by Crippen LogP contribution is -2.35. The van der Waals surface area contributed by atoms with Crippen molar-refractivity contribution in [3.05, 3.63) is 62.5 Å². The summed E-state index contributed by atoms with van der Waals surface area (Å²) >= 11 is 3.37. The molecule has 0 unspecified atom stereocenters. The molecular formula is C21H22F3N3OS2. The highest BCUT2D eigenvalue weighted by atomic mass is 32.2. The van der Waals surface area contributed by atoms with Crippen molar-refractivity contribution in [1.29, 1.82) is 0 Å². The number of nitrogens with zero attached hydrogens (tertiary/aromatic N) is 2. The van der Waals surface area contributed by atoms with Gasteiger partial charge in [-0.2, -0.15) is 24.9 Å². The first kappa shape index (κ1) is 21.4. The minimum absolute atomic E-state index is 0.0647. The fourth-order valence-electron chi connectivity index (χ4n) is 3.90. The first-order valence-corrected chi connectivity index (χ1v) is 12.0. The number of rotatable bonds is 6. The summed E-state index contributed by atoms with van der Waals surface area (Å²) in [6.45, 7) is 1.03. The third-order valence-corrected chi connectivity index (χ3v) is 7.16. The van der Waals surface area contributed by atoms with Crippen LogP contribution in [0.15, 0.2) is 35.4 Å². The van der Waals surface area contributed by atoms with Crippen molar-refractivity contribution in [3.63, 3.8) is 0 Å². The van der Waals surface area contributed by atoms with E-state index < -0.39 is 11.7 Å². The van der Waals surface area contributed by atoms with Crippen LogP contribution in [0.1, 0.15) is 28.0 Å². The van der Waals surface area contributed by atoms with Gasteiger partial charge in [0.15, 0.2) is 0 Å². The molecule has 0 radical (unpaired) electrons. The van der Waals surface area contributed by atoms with Gasteiger partial charge in [-0.15, -0.1) is 11.3 Å². The number of nitrogens with one attached hydrogen (secondary N) is 1. The number of thioether (sulfide) groups is 1. The number of alkyl halides is 3. The zero-order valence-electron chi connectivity index (χ0n) is 16.5. The van der Waals surface area contributed by atoms with Crippen LogP contribution in [0.2, 0.25) is 0 Å². The number of aryl methyl sites for hydroxylation is 1. The predicted octanol–water partition coefficient (Wildman–Crippen LogP) is 4.34. The molecule has 0 saturated carbocycles. The van der Waals surface area contributed by atoms with Gasteiger partial charge in [-0.05, 0) is 48.8 Å². The first-order valence-electron chi connectivity index (χ1n) is 9.75. The van der Waals surface area contributed by atoms with Crippen LogP contribution in [-0.2, 0) is 25.6 Å². The summed E-state index contributed by atoms with van der Waals surface area (Å²) in [7, 11) is 0. The minimum Gasteiger partial charge on any atom is -0.313 e. The summed E-state index contributed by atoms with van der Waals surface area (Å²) in [5.41, 5.74) is 0.600. The maximum Gasteiger partial charge on any atom is 0.416 e. The fourth-order valence-corrected chi connectivity index (χ4v) is 5.48. The molecule has 1 aliphatic rings. The standard InChI is InChI=1S/C21H22F3N3OS2/c1-29-8-7-25-15-5-6-16-17(10-15)30-19-18(16)20(28)27(12-26-19)11-13-3-2-4-14(9-13)21(22,23)24/h2-4,9,12,15,25H,5-8,10-11H2,1H3/t15-/m1/s1. The molecule has 160 valence electrons. The van der Waals surface area contributed by atoms with Crippen molar-refractivity contribution >= 4 is 33.3 Å². The van der Waals surface area contributed by atoms with Crippen molar-refractivity contribution in [1.82, 2.24) is 14.9 Å². The second-order valence-corrected chi connectivity index (χ2v) is 9.52. The summed E-state index contributed by atoms with van der Waals surface area (Å²) in [5.74, 6) is 1.07. The van der Waals surface area contributed by atoms with Gasteiger partial charge in [0.2, 0.25) is 0 Å². The lowest BCUT2D eigenvalue weighted by molar-refractivity contribution is -0.137. The summed E-state index contributed by atoms with van der Waals surface area (Å²) in [6, 6.07) is 5.49. The van der Waals surface area contributed by atoms with E-state index in [2.05, 4.69) is 16.6 Å². The van der Waals surface area contributed by atoms with E-state index in [1.165, 1.54) is 21.8 Å². The lowest BCUT2D eigenvalue weighted by Gasteiger charge is -2.23. The molecule has 4 nitrogen and oxygen atoms in total. The van der Waals surface area contributed by atoms with E-state index in [4.69, 9.17) is 0 Å². The van der Waals surface area contributed by atoms with Gasteiger partial charge in [0.25, 0.3) is 5.56 Å². The quantitative estimate of drug-likeness (QED) is 0.565. The molecule has 1 aliphatic carbocycles. The van der Waals surface area contributed by atoms with E-state index in [1.54, 1.807) is 17.4 Å². The summed E-state index contributed by atoms with van der Waals surface area (Å²) in [5, 5.41) is 4.21. The molecule has 1 N–H and O–H groups in total. The zero-order valence-corrected chi connectivity index (χ0v) is 18.1. The second kappa shape index (κ2) is 8.72. The average Bonchev–Trinajstić information content (AvgIpc) is 3.08. The van der Waals surface area contributed by atoms with Crippen LogP contribution in [0.5, 0.6) is 0 Å². The Labute approximate surface area is 180 Å². The highest BCUT2D eigenvalue weighted by molar-refractivity contribution is 7.98. The van der Waals surface area contributed by atoms with Crippen LogP contribution in [-0.4, -0.2) is 34.1 Å². The molecule has 0 amide bonds. The van der Waals surface area contributed by atoms with Crippen LogP contribution < -0.4 is 10.9 Å². The topological polar surface area (TPSA) is 46.9 Å². The van der Waals surface area contributed by atoms with Crippen molar-refractivity contribution < 1.29 is 13.2 Å². The Bertz CT molecular complexity index is 1110. The van der Waals surface area contributed by atoms with E-state index >= 15 is 0 Å². The van der Waals surface area contributed by atoms with Gasteiger partial charge in [0.05, 0.1) is 23.8 Å². The van der Waals surface area contributed by atoms with E-state index in [1.807, 2.05) is 11.8 Å². The highest BCUT2D eigenvalue weighted by Crippen LogP contribution is 2.34. The Morgan fingerprint density at radius 2 is 2.20 bits per heavy atom. The van der Waals surface area contributed by atoms with Gasteiger partial charge in [-0.25, -0.2) is 4.98 Å².